The summed E-state index contributed by atoms with van der Waals surface area (Å²) in [6.07, 6.45) is 1.87. The van der Waals surface area contributed by atoms with Crippen LogP contribution in [0.25, 0.3) is 33.6 Å². The third-order valence-corrected chi connectivity index (χ3v) is 5.56. The van der Waals surface area contributed by atoms with Gasteiger partial charge in [0.15, 0.2) is 5.76 Å². The number of para-hydroxylation sites is 1. The maximum absolute atomic E-state index is 12.7. The number of rotatable bonds is 2. The van der Waals surface area contributed by atoms with Gasteiger partial charge in [-0.05, 0) is 31.6 Å². The number of furan rings is 1. The number of benzene rings is 2. The lowest BCUT2D eigenvalue weighted by molar-refractivity contribution is 0.622. The van der Waals surface area contributed by atoms with Gasteiger partial charge in [-0.15, -0.1) is 5.10 Å². The number of aromatic nitrogens is 3. The standard InChI is InChI=1S/C21H15N3O2S/c1-12-7-9-14(10-8-12)11-17-20(25)24-21(27-17)22-19(23-24)18-13(2)15-5-3-4-6-16(15)26-18/h3-11H,1-2H3/b17-11-. The molecule has 3 aromatic heterocycles. The second-order valence-electron chi connectivity index (χ2n) is 6.51. The molecular weight excluding hydrogens is 358 g/mol. The Labute approximate surface area is 158 Å². The van der Waals surface area contributed by atoms with Crippen molar-refractivity contribution in [3.8, 4) is 11.6 Å². The van der Waals surface area contributed by atoms with Gasteiger partial charge >= 0.3 is 0 Å². The molecule has 5 rings (SSSR count). The van der Waals surface area contributed by atoms with Gasteiger partial charge in [0.25, 0.3) is 5.56 Å². The molecule has 0 aliphatic rings. The van der Waals surface area contributed by atoms with Gasteiger partial charge in [0.05, 0.1) is 4.53 Å². The van der Waals surface area contributed by atoms with E-state index in [1.165, 1.54) is 21.4 Å². The summed E-state index contributed by atoms with van der Waals surface area (Å²) in [7, 11) is 0. The third kappa shape index (κ3) is 2.57. The van der Waals surface area contributed by atoms with E-state index in [-0.39, 0.29) is 5.56 Å². The van der Waals surface area contributed by atoms with E-state index >= 15 is 0 Å². The second kappa shape index (κ2) is 5.89. The van der Waals surface area contributed by atoms with Crippen molar-refractivity contribution in [1.82, 2.24) is 14.6 Å². The lowest BCUT2D eigenvalue weighted by Crippen LogP contribution is -2.23. The first-order valence-electron chi connectivity index (χ1n) is 8.56. The molecule has 0 unspecified atom stereocenters. The van der Waals surface area contributed by atoms with E-state index in [0.29, 0.717) is 21.1 Å². The Kier molecular flexibility index (Phi) is 3.48. The molecule has 5 nitrogen and oxygen atoms in total. The topological polar surface area (TPSA) is 60.4 Å². The fourth-order valence-electron chi connectivity index (χ4n) is 3.13. The Morgan fingerprint density at radius 1 is 1.07 bits per heavy atom. The van der Waals surface area contributed by atoms with E-state index in [0.717, 1.165) is 22.1 Å². The Balaban J connectivity index is 1.64. The van der Waals surface area contributed by atoms with E-state index < -0.39 is 0 Å². The molecule has 0 saturated carbocycles. The van der Waals surface area contributed by atoms with Crippen molar-refractivity contribution in [3.05, 3.63) is 80.1 Å². The first kappa shape index (κ1) is 16.0. The van der Waals surface area contributed by atoms with Crippen LogP contribution in [0.3, 0.4) is 0 Å². The van der Waals surface area contributed by atoms with Crippen LogP contribution in [0.1, 0.15) is 16.7 Å². The molecule has 0 bridgehead atoms. The summed E-state index contributed by atoms with van der Waals surface area (Å²) >= 11 is 1.33. The highest BCUT2D eigenvalue weighted by Gasteiger charge is 2.18. The average molecular weight is 373 g/mol. The van der Waals surface area contributed by atoms with Crippen LogP contribution in [0.2, 0.25) is 0 Å². The molecule has 0 amide bonds. The van der Waals surface area contributed by atoms with Crippen LogP contribution in [0.5, 0.6) is 0 Å². The fourth-order valence-corrected chi connectivity index (χ4v) is 4.04. The predicted molar refractivity (Wildman–Crippen MR) is 107 cm³/mol. The molecule has 0 aliphatic heterocycles. The lowest BCUT2D eigenvalue weighted by atomic mass is 10.1. The van der Waals surface area contributed by atoms with E-state index in [2.05, 4.69) is 10.1 Å². The van der Waals surface area contributed by atoms with Crippen LogP contribution in [-0.2, 0) is 0 Å². The first-order valence-corrected chi connectivity index (χ1v) is 9.38. The van der Waals surface area contributed by atoms with Crippen LogP contribution >= 0.6 is 11.3 Å². The number of nitrogens with zero attached hydrogens (tertiary/aromatic N) is 3. The highest BCUT2D eigenvalue weighted by atomic mass is 32.1. The molecule has 0 N–H and O–H groups in total. The van der Waals surface area contributed by atoms with Gasteiger partial charge in [-0.3, -0.25) is 4.79 Å². The highest BCUT2D eigenvalue weighted by molar-refractivity contribution is 7.15. The summed E-state index contributed by atoms with van der Waals surface area (Å²) in [5.41, 5.74) is 3.77. The van der Waals surface area contributed by atoms with Crippen molar-refractivity contribution in [3.63, 3.8) is 0 Å². The molecule has 132 valence electrons. The van der Waals surface area contributed by atoms with Crippen molar-refractivity contribution in [1.29, 1.82) is 0 Å². The highest BCUT2D eigenvalue weighted by Crippen LogP contribution is 2.31. The molecule has 6 heteroatoms. The Bertz CT molecular complexity index is 1410. The number of aryl methyl sites for hydroxylation is 2. The number of hydrogen-bond donors (Lipinski definition) is 0. The maximum atomic E-state index is 12.7. The largest absolute Gasteiger partial charge is 0.452 e. The van der Waals surface area contributed by atoms with Crippen LogP contribution in [0, 0.1) is 13.8 Å². The molecule has 27 heavy (non-hydrogen) atoms. The van der Waals surface area contributed by atoms with Gasteiger partial charge in [-0.25, -0.2) is 0 Å². The minimum Gasteiger partial charge on any atom is -0.452 e. The van der Waals surface area contributed by atoms with Gasteiger partial charge in [0, 0.05) is 10.9 Å². The monoisotopic (exact) mass is 373 g/mol. The minimum absolute atomic E-state index is 0.164. The zero-order valence-electron chi connectivity index (χ0n) is 14.8. The third-order valence-electron chi connectivity index (χ3n) is 4.60. The molecule has 0 radical (unpaired) electrons. The SMILES string of the molecule is Cc1ccc(/C=c2\sc3nc(-c4oc5ccccc5c4C)nn3c2=O)cc1. The van der Waals surface area contributed by atoms with Crippen molar-refractivity contribution in [2.75, 3.05) is 0 Å². The fraction of sp³-hybridized carbons (Fsp3) is 0.0952. The summed E-state index contributed by atoms with van der Waals surface area (Å²) < 4.78 is 7.88. The van der Waals surface area contributed by atoms with Crippen molar-refractivity contribution >= 4 is 33.3 Å². The molecular formula is C21H15N3O2S. The summed E-state index contributed by atoms with van der Waals surface area (Å²) in [6.45, 7) is 4.01. The van der Waals surface area contributed by atoms with Crippen molar-refractivity contribution in [2.45, 2.75) is 13.8 Å². The second-order valence-corrected chi connectivity index (χ2v) is 7.52. The van der Waals surface area contributed by atoms with Gasteiger partial charge in [0.2, 0.25) is 10.8 Å². The number of hydrogen-bond acceptors (Lipinski definition) is 5. The Morgan fingerprint density at radius 3 is 2.59 bits per heavy atom. The molecule has 0 atom stereocenters. The minimum atomic E-state index is -0.164. The zero-order valence-corrected chi connectivity index (χ0v) is 15.6. The molecule has 0 aliphatic carbocycles. The molecule has 3 heterocycles. The molecule has 2 aromatic carbocycles. The van der Waals surface area contributed by atoms with Crippen LogP contribution in [-0.4, -0.2) is 14.6 Å². The van der Waals surface area contributed by atoms with Crippen LogP contribution in [0.15, 0.2) is 57.7 Å². The summed E-state index contributed by atoms with van der Waals surface area (Å²) in [6, 6.07) is 15.8. The summed E-state index contributed by atoms with van der Waals surface area (Å²) in [5, 5.41) is 5.43. The maximum Gasteiger partial charge on any atom is 0.291 e. The number of thiazole rings is 1. The van der Waals surface area contributed by atoms with Gasteiger partial charge < -0.3 is 4.42 Å². The molecule has 0 fully saturated rings. The predicted octanol–water partition coefficient (Wildman–Crippen LogP) is 3.73. The lowest BCUT2D eigenvalue weighted by Gasteiger charge is -1.92. The Morgan fingerprint density at radius 2 is 1.85 bits per heavy atom. The quantitative estimate of drug-likeness (QED) is 0.473. The van der Waals surface area contributed by atoms with Crippen molar-refractivity contribution in [2.24, 2.45) is 0 Å². The van der Waals surface area contributed by atoms with Crippen LogP contribution < -0.4 is 10.1 Å². The summed E-state index contributed by atoms with van der Waals surface area (Å²) in [4.78, 5) is 17.8. The zero-order chi connectivity index (χ0) is 18.5. The first-order chi connectivity index (χ1) is 13.1. The number of fused-ring (bicyclic) bond motifs is 2. The average Bonchev–Trinajstić information content (AvgIpc) is 3.31. The molecule has 0 saturated heterocycles. The molecule has 5 aromatic rings. The van der Waals surface area contributed by atoms with Gasteiger partial charge in [-0.2, -0.15) is 9.50 Å². The van der Waals surface area contributed by atoms with Crippen LogP contribution in [0.4, 0.5) is 0 Å². The van der Waals surface area contributed by atoms with Gasteiger partial charge in [-0.1, -0.05) is 59.4 Å². The van der Waals surface area contributed by atoms with E-state index in [1.54, 1.807) is 0 Å². The summed E-state index contributed by atoms with van der Waals surface area (Å²) in [5.74, 6) is 1.05. The van der Waals surface area contributed by atoms with E-state index in [4.69, 9.17) is 4.42 Å². The smallest absolute Gasteiger partial charge is 0.291 e. The molecule has 0 spiro atoms. The Hall–Kier alpha value is -3.25. The van der Waals surface area contributed by atoms with E-state index in [9.17, 15) is 4.79 Å². The van der Waals surface area contributed by atoms with Crippen molar-refractivity contribution < 1.29 is 4.42 Å². The van der Waals surface area contributed by atoms with Gasteiger partial charge in [0.1, 0.15) is 5.58 Å². The van der Waals surface area contributed by atoms with E-state index in [1.807, 2.05) is 68.5 Å². The normalized spacial score (nSPS) is 12.4.